The van der Waals surface area contributed by atoms with Gasteiger partial charge in [0.05, 0.1) is 27.1 Å². The fourth-order valence-corrected chi connectivity index (χ4v) is 2.16. The standard InChI is InChI=1S/C13H10N4OS/c18-12-9-5-4-8-11(12)14-13-15-17(16-19-13)10-6-2-1-3-7-10/h1-9,16H/p+1. The van der Waals surface area contributed by atoms with Crippen LogP contribution in [0, 0.1) is 0 Å². The maximum Gasteiger partial charge on any atom is 0.280 e. The maximum absolute atomic E-state index is 9.68. The number of phenols is 1. The summed E-state index contributed by atoms with van der Waals surface area (Å²) in [4.78, 5) is 1.55. The molecule has 0 radical (unpaired) electrons. The number of para-hydroxylation sites is 3. The monoisotopic (exact) mass is 271 g/mol. The molecule has 5 nitrogen and oxygen atoms in total. The first-order valence-electron chi connectivity index (χ1n) is 5.70. The molecule has 2 aromatic carbocycles. The van der Waals surface area contributed by atoms with Gasteiger partial charge in [0.1, 0.15) is 10.2 Å². The summed E-state index contributed by atoms with van der Waals surface area (Å²) >= 11 is 1.23. The highest BCUT2D eigenvalue weighted by Crippen LogP contribution is 2.25. The van der Waals surface area contributed by atoms with E-state index >= 15 is 0 Å². The van der Waals surface area contributed by atoms with E-state index in [4.69, 9.17) is 0 Å². The van der Waals surface area contributed by atoms with Crippen molar-refractivity contribution in [3.05, 3.63) is 54.6 Å². The number of nitrogens with zero attached hydrogens (tertiary/aromatic N) is 3. The molecule has 0 saturated carbocycles. The smallest absolute Gasteiger partial charge is 0.280 e. The highest BCUT2D eigenvalue weighted by molar-refractivity contribution is 7.09. The van der Waals surface area contributed by atoms with Crippen molar-refractivity contribution in [3.8, 4) is 11.4 Å². The molecule has 1 aromatic heterocycles. The quantitative estimate of drug-likeness (QED) is 0.566. The van der Waals surface area contributed by atoms with Gasteiger partial charge in [0, 0.05) is 12.1 Å². The Hall–Kier alpha value is -2.47. The van der Waals surface area contributed by atoms with Gasteiger partial charge in [-0.2, -0.15) is 0 Å². The maximum atomic E-state index is 9.68. The third-order valence-corrected chi connectivity index (χ3v) is 3.12. The lowest BCUT2D eigenvalue weighted by molar-refractivity contribution is -0.709. The Bertz CT molecular complexity index is 684. The largest absolute Gasteiger partial charge is 0.506 e. The molecule has 94 valence electrons. The van der Waals surface area contributed by atoms with E-state index < -0.39 is 0 Å². The van der Waals surface area contributed by atoms with Crippen molar-refractivity contribution in [2.45, 2.75) is 0 Å². The van der Waals surface area contributed by atoms with Crippen molar-refractivity contribution in [1.82, 2.24) is 9.59 Å². The molecule has 0 saturated heterocycles. The summed E-state index contributed by atoms with van der Waals surface area (Å²) in [5.41, 5.74) is 1.50. The lowest BCUT2D eigenvalue weighted by atomic mass is 10.3. The van der Waals surface area contributed by atoms with Gasteiger partial charge in [-0.05, 0) is 12.1 Å². The average Bonchev–Trinajstić information content (AvgIpc) is 2.91. The summed E-state index contributed by atoms with van der Waals surface area (Å²) in [6.45, 7) is 0. The first-order chi connectivity index (χ1) is 9.33. The zero-order chi connectivity index (χ0) is 13.1. The fourth-order valence-electron chi connectivity index (χ4n) is 1.61. The predicted molar refractivity (Wildman–Crippen MR) is 72.8 cm³/mol. The highest BCUT2D eigenvalue weighted by atomic mass is 32.1. The number of aromatic nitrogens is 3. The molecule has 0 atom stereocenters. The van der Waals surface area contributed by atoms with Crippen molar-refractivity contribution < 1.29 is 9.90 Å². The summed E-state index contributed by atoms with van der Waals surface area (Å²) in [5, 5.41) is 17.7. The first-order valence-corrected chi connectivity index (χ1v) is 6.47. The van der Waals surface area contributed by atoms with Crippen LogP contribution in [0.15, 0.2) is 54.6 Å². The Balaban J connectivity index is 1.85. The molecule has 0 aliphatic rings. The van der Waals surface area contributed by atoms with Crippen LogP contribution in [0.4, 0.5) is 10.8 Å². The van der Waals surface area contributed by atoms with E-state index in [-0.39, 0.29) is 5.75 Å². The van der Waals surface area contributed by atoms with Gasteiger partial charge in [-0.25, -0.2) is 0 Å². The van der Waals surface area contributed by atoms with Gasteiger partial charge in [-0.1, -0.05) is 30.3 Å². The summed E-state index contributed by atoms with van der Waals surface area (Å²) in [6.07, 6.45) is 0. The van der Waals surface area contributed by atoms with Crippen LogP contribution in [0.25, 0.3) is 5.69 Å². The summed E-state index contributed by atoms with van der Waals surface area (Å²) < 4.78 is 4.22. The summed E-state index contributed by atoms with van der Waals surface area (Å²) in [6, 6.07) is 16.7. The minimum absolute atomic E-state index is 0.184. The lowest BCUT2D eigenvalue weighted by Gasteiger charge is -2.01. The van der Waals surface area contributed by atoms with Crippen molar-refractivity contribution in [1.29, 1.82) is 0 Å². The van der Waals surface area contributed by atoms with Gasteiger partial charge in [0.15, 0.2) is 0 Å². The minimum Gasteiger partial charge on any atom is -0.506 e. The minimum atomic E-state index is 0.184. The fraction of sp³-hybridized carbons (Fsp3) is 0. The number of aromatic hydroxyl groups is 1. The van der Waals surface area contributed by atoms with Crippen LogP contribution < -0.4 is 10.1 Å². The van der Waals surface area contributed by atoms with Gasteiger partial charge in [-0.15, -0.1) is 0 Å². The third-order valence-electron chi connectivity index (χ3n) is 2.52. The second-order valence-corrected chi connectivity index (χ2v) is 4.58. The number of anilines is 2. The topological polar surface area (TPSA) is 61.9 Å². The molecule has 0 spiro atoms. The average molecular weight is 271 g/mol. The second-order valence-electron chi connectivity index (χ2n) is 3.85. The lowest BCUT2D eigenvalue weighted by Crippen LogP contribution is -2.35. The number of rotatable bonds is 3. The zero-order valence-electron chi connectivity index (χ0n) is 9.89. The van der Waals surface area contributed by atoms with Crippen molar-refractivity contribution in [3.63, 3.8) is 0 Å². The van der Waals surface area contributed by atoms with Crippen LogP contribution in [0.5, 0.6) is 5.75 Å². The Morgan fingerprint density at radius 1 is 1.00 bits per heavy atom. The van der Waals surface area contributed by atoms with E-state index in [9.17, 15) is 5.11 Å². The zero-order valence-corrected chi connectivity index (χ0v) is 10.7. The molecule has 0 fully saturated rings. The highest BCUT2D eigenvalue weighted by Gasteiger charge is 2.15. The number of nitrogens with one attached hydrogen (secondary N) is 1. The van der Waals surface area contributed by atoms with Crippen LogP contribution >= 0.6 is 11.5 Å². The number of hydrogen-bond donors (Lipinski definition) is 2. The predicted octanol–water partition coefficient (Wildman–Crippen LogP) is 2.26. The van der Waals surface area contributed by atoms with Gasteiger partial charge in [0.2, 0.25) is 0 Å². The molecule has 2 N–H and O–H groups in total. The van der Waals surface area contributed by atoms with Gasteiger partial charge >= 0.3 is 0 Å². The Morgan fingerprint density at radius 2 is 1.74 bits per heavy atom. The first kappa shape index (κ1) is 11.6. The second kappa shape index (κ2) is 5.03. The number of benzene rings is 2. The number of phenolic OH excluding ortho intramolecular Hbond substituents is 1. The Morgan fingerprint density at radius 3 is 2.53 bits per heavy atom. The van der Waals surface area contributed by atoms with E-state index in [0.717, 1.165) is 5.69 Å². The molecular weight excluding hydrogens is 260 g/mol. The third kappa shape index (κ3) is 2.53. The van der Waals surface area contributed by atoms with Gasteiger partial charge < -0.3 is 10.4 Å². The molecule has 6 heteroatoms. The van der Waals surface area contributed by atoms with Gasteiger partial charge in [-0.3, -0.25) is 0 Å². The van der Waals surface area contributed by atoms with Crippen LogP contribution in [-0.2, 0) is 0 Å². The Kier molecular flexibility index (Phi) is 3.07. The molecule has 3 rings (SSSR count). The van der Waals surface area contributed by atoms with Crippen LogP contribution in [0.1, 0.15) is 0 Å². The molecule has 1 heterocycles. The molecule has 3 aromatic rings. The van der Waals surface area contributed by atoms with Crippen LogP contribution in [-0.4, -0.2) is 14.7 Å². The van der Waals surface area contributed by atoms with E-state index in [0.29, 0.717) is 10.8 Å². The molecule has 0 unspecified atom stereocenters. The Labute approximate surface area is 113 Å². The number of hydrogen-bond acceptors (Lipinski definition) is 5. The molecule has 19 heavy (non-hydrogen) atoms. The van der Waals surface area contributed by atoms with Crippen LogP contribution in [0.3, 0.4) is 0 Å². The normalized spacial score (nSPS) is 10.3. The SMILES string of the molecule is Oc1ccccc1Nc1n[n+](-c2ccccc2)ns1. The van der Waals surface area contributed by atoms with E-state index in [2.05, 4.69) is 14.9 Å². The van der Waals surface area contributed by atoms with Crippen LogP contribution in [0.2, 0.25) is 0 Å². The van der Waals surface area contributed by atoms with Crippen molar-refractivity contribution in [2.75, 3.05) is 5.32 Å². The van der Waals surface area contributed by atoms with Crippen molar-refractivity contribution >= 4 is 22.4 Å². The van der Waals surface area contributed by atoms with E-state index in [1.165, 1.54) is 11.5 Å². The van der Waals surface area contributed by atoms with E-state index in [1.807, 2.05) is 36.4 Å². The molecular formula is C13H11N4OS+. The van der Waals surface area contributed by atoms with Gasteiger partial charge in [0.25, 0.3) is 10.8 Å². The molecule has 0 bridgehead atoms. The van der Waals surface area contributed by atoms with Crippen molar-refractivity contribution in [2.24, 2.45) is 0 Å². The summed E-state index contributed by atoms with van der Waals surface area (Å²) in [5.74, 6) is 0.184. The summed E-state index contributed by atoms with van der Waals surface area (Å²) in [7, 11) is 0. The molecule has 0 amide bonds. The molecule has 0 aliphatic carbocycles. The van der Waals surface area contributed by atoms with E-state index in [1.54, 1.807) is 23.0 Å². The molecule has 0 aliphatic heterocycles.